The minimum absolute atomic E-state index is 0.000448. The summed E-state index contributed by atoms with van der Waals surface area (Å²) in [5, 5.41) is 6.36. The molecule has 2 aliphatic heterocycles. The van der Waals surface area contributed by atoms with Crippen LogP contribution in [-0.2, 0) is 17.9 Å². The Kier molecular flexibility index (Phi) is 6.27. The van der Waals surface area contributed by atoms with Gasteiger partial charge in [0, 0.05) is 13.1 Å². The topological polar surface area (TPSA) is 44.4 Å². The highest BCUT2D eigenvalue weighted by atomic mass is 16.2. The predicted molar refractivity (Wildman–Crippen MR) is 97.6 cm³/mol. The Bertz CT molecular complexity index is 514. The summed E-state index contributed by atoms with van der Waals surface area (Å²) in [4.78, 5) is 14.7. The molecular formula is C20H31N3O. The van der Waals surface area contributed by atoms with Crippen molar-refractivity contribution in [1.82, 2.24) is 15.5 Å². The average Bonchev–Trinajstić information content (AvgIpc) is 2.63. The highest BCUT2D eigenvalue weighted by Gasteiger charge is 2.20. The fourth-order valence-corrected chi connectivity index (χ4v) is 3.63. The molecule has 1 aromatic carbocycles. The van der Waals surface area contributed by atoms with Crippen molar-refractivity contribution in [2.75, 3.05) is 19.6 Å². The van der Waals surface area contributed by atoms with E-state index in [0.717, 1.165) is 31.8 Å². The number of hydrogen-bond acceptors (Lipinski definition) is 3. The van der Waals surface area contributed by atoms with E-state index in [1.165, 1.54) is 43.5 Å². The van der Waals surface area contributed by atoms with Gasteiger partial charge in [0.1, 0.15) is 0 Å². The van der Waals surface area contributed by atoms with E-state index in [2.05, 4.69) is 46.7 Å². The maximum atomic E-state index is 12.1. The summed E-state index contributed by atoms with van der Waals surface area (Å²) in [6.45, 7) is 7.41. The Morgan fingerprint density at radius 3 is 2.50 bits per heavy atom. The van der Waals surface area contributed by atoms with Crippen LogP contribution in [0.5, 0.6) is 0 Å². The van der Waals surface area contributed by atoms with Crippen LogP contribution in [0, 0.1) is 5.92 Å². The predicted octanol–water partition coefficient (Wildman–Crippen LogP) is 2.68. The van der Waals surface area contributed by atoms with Crippen LogP contribution in [0.25, 0.3) is 0 Å². The number of carbonyl (C=O) groups is 1. The van der Waals surface area contributed by atoms with Gasteiger partial charge in [-0.1, -0.05) is 37.6 Å². The summed E-state index contributed by atoms with van der Waals surface area (Å²) in [5.74, 6) is 1.02. The van der Waals surface area contributed by atoms with Crippen molar-refractivity contribution < 1.29 is 4.79 Å². The number of rotatable bonds is 5. The highest BCUT2D eigenvalue weighted by Crippen LogP contribution is 2.18. The number of nitrogens with one attached hydrogen (secondary N) is 2. The number of amides is 1. The van der Waals surface area contributed by atoms with Gasteiger partial charge in [-0.3, -0.25) is 9.69 Å². The standard InChI is InChI=1S/C20H31N3O/c1-16-9-12-23(13-10-16)15-18-7-5-17(6-8-18)14-22-20(24)19-4-2-3-11-21-19/h5-8,16,19,21H,2-4,9-15H2,1H3,(H,22,24). The number of piperidine rings is 2. The number of hydrogen-bond donors (Lipinski definition) is 2. The van der Waals surface area contributed by atoms with Crippen molar-refractivity contribution in [3.05, 3.63) is 35.4 Å². The van der Waals surface area contributed by atoms with Gasteiger partial charge in [-0.15, -0.1) is 0 Å². The lowest BCUT2D eigenvalue weighted by atomic mass is 9.99. The summed E-state index contributed by atoms with van der Waals surface area (Å²) in [5.41, 5.74) is 2.55. The molecule has 1 unspecified atom stereocenters. The van der Waals surface area contributed by atoms with Crippen molar-refractivity contribution in [2.45, 2.75) is 58.2 Å². The van der Waals surface area contributed by atoms with Gasteiger partial charge < -0.3 is 10.6 Å². The lowest BCUT2D eigenvalue weighted by molar-refractivity contribution is -0.123. The highest BCUT2D eigenvalue weighted by molar-refractivity contribution is 5.81. The van der Waals surface area contributed by atoms with Crippen LogP contribution in [0.1, 0.15) is 50.2 Å². The normalized spacial score (nSPS) is 23.1. The minimum atomic E-state index is -0.000448. The molecule has 1 aromatic rings. The zero-order valence-corrected chi connectivity index (χ0v) is 14.9. The van der Waals surface area contributed by atoms with Crippen LogP contribution in [0.3, 0.4) is 0 Å². The molecule has 2 N–H and O–H groups in total. The fourth-order valence-electron chi connectivity index (χ4n) is 3.63. The molecule has 0 spiro atoms. The molecule has 24 heavy (non-hydrogen) atoms. The van der Waals surface area contributed by atoms with Crippen molar-refractivity contribution >= 4 is 5.91 Å². The van der Waals surface area contributed by atoms with Gasteiger partial charge in [-0.2, -0.15) is 0 Å². The second-order valence-corrected chi connectivity index (χ2v) is 7.50. The van der Waals surface area contributed by atoms with E-state index in [0.29, 0.717) is 6.54 Å². The van der Waals surface area contributed by atoms with Gasteiger partial charge in [0.2, 0.25) is 5.91 Å². The Labute approximate surface area is 146 Å². The Morgan fingerprint density at radius 2 is 1.83 bits per heavy atom. The molecule has 132 valence electrons. The monoisotopic (exact) mass is 329 g/mol. The molecule has 3 rings (SSSR count). The van der Waals surface area contributed by atoms with Gasteiger partial charge in [0.15, 0.2) is 0 Å². The Morgan fingerprint density at radius 1 is 1.12 bits per heavy atom. The number of benzene rings is 1. The van der Waals surface area contributed by atoms with E-state index in [-0.39, 0.29) is 11.9 Å². The molecule has 2 aliphatic rings. The summed E-state index contributed by atoms with van der Waals surface area (Å²) < 4.78 is 0. The van der Waals surface area contributed by atoms with Gasteiger partial charge in [0.25, 0.3) is 0 Å². The largest absolute Gasteiger partial charge is 0.351 e. The lowest BCUT2D eigenvalue weighted by Gasteiger charge is -2.30. The zero-order valence-electron chi connectivity index (χ0n) is 14.9. The van der Waals surface area contributed by atoms with Crippen LogP contribution < -0.4 is 10.6 Å². The number of likely N-dealkylation sites (tertiary alicyclic amines) is 1. The molecule has 1 amide bonds. The van der Waals surface area contributed by atoms with Crippen LogP contribution in [0.15, 0.2) is 24.3 Å². The van der Waals surface area contributed by atoms with Crippen molar-refractivity contribution in [3.8, 4) is 0 Å². The molecule has 0 saturated carbocycles. The summed E-state index contributed by atoms with van der Waals surface area (Å²) in [6, 6.07) is 8.71. The number of nitrogens with zero attached hydrogens (tertiary/aromatic N) is 1. The van der Waals surface area contributed by atoms with Crippen molar-refractivity contribution in [1.29, 1.82) is 0 Å². The zero-order chi connectivity index (χ0) is 16.8. The lowest BCUT2D eigenvalue weighted by Crippen LogP contribution is -2.46. The first-order valence-electron chi connectivity index (χ1n) is 9.52. The molecular weight excluding hydrogens is 298 g/mol. The van der Waals surface area contributed by atoms with E-state index in [1.807, 2.05) is 0 Å². The molecule has 4 heteroatoms. The number of carbonyl (C=O) groups excluding carboxylic acids is 1. The Hall–Kier alpha value is -1.39. The van der Waals surface area contributed by atoms with E-state index in [9.17, 15) is 4.79 Å². The van der Waals surface area contributed by atoms with Crippen LogP contribution >= 0.6 is 0 Å². The molecule has 2 heterocycles. The molecule has 0 radical (unpaired) electrons. The average molecular weight is 329 g/mol. The molecule has 2 saturated heterocycles. The van der Waals surface area contributed by atoms with E-state index in [1.54, 1.807) is 0 Å². The molecule has 0 bridgehead atoms. The quantitative estimate of drug-likeness (QED) is 0.873. The van der Waals surface area contributed by atoms with E-state index in [4.69, 9.17) is 0 Å². The second-order valence-electron chi connectivity index (χ2n) is 7.50. The van der Waals surface area contributed by atoms with Gasteiger partial charge in [-0.05, 0) is 62.4 Å². The first kappa shape index (κ1) is 17.4. The minimum Gasteiger partial charge on any atom is -0.351 e. The molecule has 0 aromatic heterocycles. The fraction of sp³-hybridized carbons (Fsp3) is 0.650. The maximum absolute atomic E-state index is 12.1. The summed E-state index contributed by atoms with van der Waals surface area (Å²) in [7, 11) is 0. The van der Waals surface area contributed by atoms with Crippen LogP contribution in [-0.4, -0.2) is 36.5 Å². The van der Waals surface area contributed by atoms with Gasteiger partial charge in [-0.25, -0.2) is 0 Å². The Balaban J connectivity index is 1.43. The molecule has 4 nitrogen and oxygen atoms in total. The van der Waals surface area contributed by atoms with Gasteiger partial charge >= 0.3 is 0 Å². The molecule has 1 atom stereocenters. The van der Waals surface area contributed by atoms with Crippen molar-refractivity contribution in [2.24, 2.45) is 5.92 Å². The summed E-state index contributed by atoms with van der Waals surface area (Å²) in [6.07, 6.45) is 5.92. The first-order chi connectivity index (χ1) is 11.7. The van der Waals surface area contributed by atoms with E-state index < -0.39 is 0 Å². The van der Waals surface area contributed by atoms with Crippen LogP contribution in [0.4, 0.5) is 0 Å². The van der Waals surface area contributed by atoms with E-state index >= 15 is 0 Å². The summed E-state index contributed by atoms with van der Waals surface area (Å²) >= 11 is 0. The maximum Gasteiger partial charge on any atom is 0.237 e. The van der Waals surface area contributed by atoms with Crippen LogP contribution in [0.2, 0.25) is 0 Å². The first-order valence-corrected chi connectivity index (χ1v) is 9.52. The molecule has 0 aliphatic carbocycles. The molecule has 2 fully saturated rings. The third kappa shape index (κ3) is 5.05. The van der Waals surface area contributed by atoms with Gasteiger partial charge in [0.05, 0.1) is 6.04 Å². The smallest absolute Gasteiger partial charge is 0.237 e. The third-order valence-corrected chi connectivity index (χ3v) is 5.40. The van der Waals surface area contributed by atoms with Crippen molar-refractivity contribution in [3.63, 3.8) is 0 Å². The third-order valence-electron chi connectivity index (χ3n) is 5.40. The SMILES string of the molecule is CC1CCN(Cc2ccc(CNC(=O)C3CCCCN3)cc2)CC1. The second kappa shape index (κ2) is 8.63.